The number of aromatic nitrogens is 2. The average Bonchev–Trinajstić information content (AvgIpc) is 2.93. The molecule has 1 aliphatic heterocycles. The summed E-state index contributed by atoms with van der Waals surface area (Å²) in [4.78, 5) is 24.2. The number of carbonyl (C=O) groups excluding carboxylic acids is 2. The lowest BCUT2D eigenvalue weighted by molar-refractivity contribution is -0.118. The Morgan fingerprint density at radius 1 is 1.39 bits per heavy atom. The van der Waals surface area contributed by atoms with Crippen LogP contribution >= 0.6 is 11.8 Å². The summed E-state index contributed by atoms with van der Waals surface area (Å²) in [6, 6.07) is 7.78. The number of urea groups is 1. The van der Waals surface area contributed by atoms with Crippen molar-refractivity contribution in [3.8, 4) is 0 Å². The highest BCUT2D eigenvalue weighted by atomic mass is 32.2. The lowest BCUT2D eigenvalue weighted by Crippen LogP contribution is -2.34. The molecule has 0 unspecified atom stereocenters. The van der Waals surface area contributed by atoms with E-state index in [9.17, 15) is 9.59 Å². The number of fused-ring (bicyclic) bond motifs is 1. The van der Waals surface area contributed by atoms with Crippen molar-refractivity contribution >= 4 is 29.4 Å². The molecule has 3 rings (SSSR count). The molecule has 4 N–H and O–H groups in total. The number of rotatable bonds is 4. The fourth-order valence-corrected chi connectivity index (χ4v) is 3.62. The monoisotopic (exact) mass is 331 g/mol. The molecule has 120 valence electrons. The van der Waals surface area contributed by atoms with Gasteiger partial charge in [0.1, 0.15) is 6.54 Å². The maximum Gasteiger partial charge on any atom is 0.319 e. The first-order valence-corrected chi connectivity index (χ1v) is 8.20. The lowest BCUT2D eigenvalue weighted by atomic mass is 10.0. The van der Waals surface area contributed by atoms with Crippen LogP contribution in [-0.2, 0) is 11.3 Å². The number of amides is 3. The minimum atomic E-state index is -0.486. The summed E-state index contributed by atoms with van der Waals surface area (Å²) in [5, 5.41) is 9.67. The molecule has 1 aromatic heterocycles. The number of primary amides is 1. The molecule has 1 atom stereocenters. The number of thioether (sulfide) groups is 1. The van der Waals surface area contributed by atoms with Gasteiger partial charge >= 0.3 is 6.03 Å². The zero-order valence-electron chi connectivity index (χ0n) is 12.4. The maximum absolute atomic E-state index is 12.2. The van der Waals surface area contributed by atoms with Crippen LogP contribution in [-0.4, -0.2) is 27.5 Å². The Balaban J connectivity index is 1.62. The zero-order valence-corrected chi connectivity index (χ0v) is 13.2. The second-order valence-corrected chi connectivity index (χ2v) is 6.36. The van der Waals surface area contributed by atoms with Crippen LogP contribution in [0.25, 0.3) is 0 Å². The highest BCUT2D eigenvalue weighted by molar-refractivity contribution is 7.99. The molecule has 3 amide bonds. The van der Waals surface area contributed by atoms with Crippen molar-refractivity contribution in [3.63, 3.8) is 0 Å². The molecule has 0 fully saturated rings. The molecule has 0 aliphatic carbocycles. The number of nitrogens with one attached hydrogen (secondary N) is 2. The first kappa shape index (κ1) is 15.4. The number of hydrogen-bond donors (Lipinski definition) is 3. The van der Waals surface area contributed by atoms with Crippen LogP contribution in [0.2, 0.25) is 0 Å². The summed E-state index contributed by atoms with van der Waals surface area (Å²) in [6.45, 7) is -0.0173. The molecule has 1 aromatic carbocycles. The number of hydrogen-bond acceptors (Lipinski definition) is 4. The molecule has 0 saturated carbocycles. The molecule has 8 heteroatoms. The SMILES string of the molecule is NC(=O)Cn1cc(NC(=O)N[C@@H]2CCSc3ccccc32)cn1. The number of nitrogens with two attached hydrogens (primary N) is 1. The average molecular weight is 331 g/mol. The molecule has 7 nitrogen and oxygen atoms in total. The van der Waals surface area contributed by atoms with Crippen LogP contribution < -0.4 is 16.4 Å². The van der Waals surface area contributed by atoms with E-state index >= 15 is 0 Å². The minimum Gasteiger partial charge on any atom is -0.368 e. The molecule has 0 radical (unpaired) electrons. The van der Waals surface area contributed by atoms with E-state index in [1.807, 2.05) is 18.2 Å². The molecular formula is C15H17N5O2S. The lowest BCUT2D eigenvalue weighted by Gasteiger charge is -2.25. The van der Waals surface area contributed by atoms with E-state index < -0.39 is 5.91 Å². The Hall–Kier alpha value is -2.48. The summed E-state index contributed by atoms with van der Waals surface area (Å²) in [6.07, 6.45) is 3.93. The van der Waals surface area contributed by atoms with E-state index in [4.69, 9.17) is 5.73 Å². The molecule has 0 bridgehead atoms. The Kier molecular flexibility index (Phi) is 4.52. The fourth-order valence-electron chi connectivity index (χ4n) is 2.49. The van der Waals surface area contributed by atoms with E-state index in [0.29, 0.717) is 5.69 Å². The molecule has 23 heavy (non-hydrogen) atoms. The van der Waals surface area contributed by atoms with E-state index in [-0.39, 0.29) is 18.6 Å². The summed E-state index contributed by atoms with van der Waals surface area (Å²) in [7, 11) is 0. The van der Waals surface area contributed by atoms with E-state index in [0.717, 1.165) is 17.7 Å². The van der Waals surface area contributed by atoms with Crippen molar-refractivity contribution < 1.29 is 9.59 Å². The van der Waals surface area contributed by atoms with Gasteiger partial charge in [0.15, 0.2) is 0 Å². The van der Waals surface area contributed by atoms with Crippen molar-refractivity contribution in [3.05, 3.63) is 42.2 Å². The van der Waals surface area contributed by atoms with Crippen LogP contribution in [0.5, 0.6) is 0 Å². The smallest absolute Gasteiger partial charge is 0.319 e. The van der Waals surface area contributed by atoms with Crippen molar-refractivity contribution in [2.75, 3.05) is 11.1 Å². The first-order chi connectivity index (χ1) is 11.1. The first-order valence-electron chi connectivity index (χ1n) is 7.22. The summed E-state index contributed by atoms with van der Waals surface area (Å²) in [5.41, 5.74) is 6.76. The minimum absolute atomic E-state index is 0.00638. The van der Waals surface area contributed by atoms with E-state index in [1.165, 1.54) is 15.8 Å². The maximum atomic E-state index is 12.2. The molecule has 2 heterocycles. The standard InChI is InChI=1S/C15H17N5O2S/c16-14(21)9-20-8-10(7-17-20)18-15(22)19-12-5-6-23-13-4-2-1-3-11(12)13/h1-4,7-8,12H,5-6,9H2,(H2,16,21)(H2,18,19,22)/t12-/m1/s1. The molecule has 0 saturated heterocycles. The van der Waals surface area contributed by atoms with Gasteiger partial charge in [-0.1, -0.05) is 18.2 Å². The van der Waals surface area contributed by atoms with Gasteiger partial charge in [0.2, 0.25) is 5.91 Å². The van der Waals surface area contributed by atoms with Gasteiger partial charge in [-0.25, -0.2) is 4.79 Å². The topological polar surface area (TPSA) is 102 Å². The molecule has 1 aliphatic rings. The third-order valence-corrected chi connectivity index (χ3v) is 4.60. The Bertz CT molecular complexity index is 730. The van der Waals surface area contributed by atoms with Crippen LogP contribution in [0, 0.1) is 0 Å². The van der Waals surface area contributed by atoms with Crippen LogP contribution in [0.3, 0.4) is 0 Å². The van der Waals surface area contributed by atoms with Gasteiger partial charge in [-0.05, 0) is 18.1 Å². The second-order valence-electron chi connectivity index (χ2n) is 5.22. The number of anilines is 1. The van der Waals surface area contributed by atoms with Gasteiger partial charge in [0, 0.05) is 16.8 Å². The Morgan fingerprint density at radius 3 is 3.04 bits per heavy atom. The Labute approximate surface area is 137 Å². The largest absolute Gasteiger partial charge is 0.368 e. The van der Waals surface area contributed by atoms with Gasteiger partial charge in [-0.15, -0.1) is 11.8 Å². The van der Waals surface area contributed by atoms with Gasteiger partial charge < -0.3 is 16.4 Å². The number of nitrogens with zero attached hydrogens (tertiary/aromatic N) is 2. The number of carbonyl (C=O) groups is 2. The summed E-state index contributed by atoms with van der Waals surface area (Å²) in [5.74, 6) is 0.485. The van der Waals surface area contributed by atoms with Gasteiger partial charge in [-0.3, -0.25) is 9.48 Å². The molecule has 0 spiro atoms. The molecule has 2 aromatic rings. The van der Waals surface area contributed by atoms with Crippen LogP contribution in [0.1, 0.15) is 18.0 Å². The fraction of sp³-hybridized carbons (Fsp3) is 0.267. The second kappa shape index (κ2) is 6.74. The van der Waals surface area contributed by atoms with Gasteiger partial charge in [0.25, 0.3) is 0 Å². The van der Waals surface area contributed by atoms with Crippen LogP contribution in [0.4, 0.5) is 10.5 Å². The normalized spacial score (nSPS) is 16.4. The van der Waals surface area contributed by atoms with Gasteiger partial charge in [-0.2, -0.15) is 5.10 Å². The van der Waals surface area contributed by atoms with Crippen molar-refractivity contribution in [1.29, 1.82) is 0 Å². The predicted octanol–water partition coefficient (Wildman–Crippen LogP) is 1.73. The van der Waals surface area contributed by atoms with E-state index in [2.05, 4.69) is 21.8 Å². The predicted molar refractivity (Wildman–Crippen MR) is 88.1 cm³/mol. The summed E-state index contributed by atoms with van der Waals surface area (Å²) < 4.78 is 1.38. The van der Waals surface area contributed by atoms with Crippen molar-refractivity contribution in [2.24, 2.45) is 5.73 Å². The highest BCUT2D eigenvalue weighted by Gasteiger charge is 2.21. The van der Waals surface area contributed by atoms with Crippen LogP contribution in [0.15, 0.2) is 41.6 Å². The zero-order chi connectivity index (χ0) is 16.2. The third kappa shape index (κ3) is 3.84. The third-order valence-electron chi connectivity index (χ3n) is 3.47. The highest BCUT2D eigenvalue weighted by Crippen LogP contribution is 2.35. The van der Waals surface area contributed by atoms with Crippen molar-refractivity contribution in [2.45, 2.75) is 23.9 Å². The van der Waals surface area contributed by atoms with E-state index in [1.54, 1.807) is 18.0 Å². The van der Waals surface area contributed by atoms with Crippen molar-refractivity contribution in [1.82, 2.24) is 15.1 Å². The molecular weight excluding hydrogens is 314 g/mol. The number of benzene rings is 1. The summed E-state index contributed by atoms with van der Waals surface area (Å²) >= 11 is 1.80. The van der Waals surface area contributed by atoms with Gasteiger partial charge in [0.05, 0.1) is 17.9 Å². The quantitative estimate of drug-likeness (QED) is 0.794. The Morgan fingerprint density at radius 2 is 2.22 bits per heavy atom.